The van der Waals surface area contributed by atoms with Crippen LogP contribution < -0.4 is 12.3 Å². The fourth-order valence-electron chi connectivity index (χ4n) is 1.13. The molecule has 8 N–H and O–H groups in total. The number of benzene rings is 1. The van der Waals surface area contributed by atoms with Crippen LogP contribution in [-0.4, -0.2) is 9.79 Å². The summed E-state index contributed by atoms with van der Waals surface area (Å²) in [5.74, 6) is 0. The second-order valence-electron chi connectivity index (χ2n) is 3.17. The monoisotopic (exact) mass is 293 g/mol. The Morgan fingerprint density at radius 3 is 2.37 bits per heavy atom. The van der Waals surface area contributed by atoms with Gasteiger partial charge in [-0.05, 0) is 17.7 Å². The van der Waals surface area contributed by atoms with Crippen molar-refractivity contribution in [3.63, 3.8) is 0 Å². The average molecular weight is 293 g/mol. The molecule has 0 aliphatic heterocycles. The molecule has 19 heavy (non-hydrogen) atoms. The van der Waals surface area contributed by atoms with Crippen molar-refractivity contribution < 1.29 is 23.1 Å². The number of halogens is 2. The van der Waals surface area contributed by atoms with Crippen LogP contribution in [0.1, 0.15) is 11.1 Å². The highest BCUT2D eigenvalue weighted by molar-refractivity contribution is 7.52. The van der Waals surface area contributed by atoms with Gasteiger partial charge >= 0.3 is 13.3 Å². The van der Waals surface area contributed by atoms with Crippen molar-refractivity contribution in [2.45, 2.75) is 5.66 Å². The molecule has 0 radical (unpaired) electrons. The number of rotatable bonds is 3. The van der Waals surface area contributed by atoms with Crippen molar-refractivity contribution in [1.29, 1.82) is 5.26 Å². The van der Waals surface area contributed by atoms with Crippen molar-refractivity contribution in [3.8, 4) is 6.07 Å². The first-order chi connectivity index (χ1) is 7.79. The summed E-state index contributed by atoms with van der Waals surface area (Å²) in [6.07, 6.45) is 2.34. The highest BCUT2D eigenvalue weighted by Crippen LogP contribution is 2.59. The molecule has 0 amide bonds. The number of nitrogens with zero attached hydrogens (tertiary/aromatic N) is 1. The van der Waals surface area contributed by atoms with Crippen LogP contribution in [-0.2, 0) is 10.2 Å². The molecule has 0 atom stereocenters. The molecule has 0 saturated heterocycles. The van der Waals surface area contributed by atoms with Crippen LogP contribution >= 0.6 is 7.60 Å². The largest absolute Gasteiger partial charge is 0.399 e. The topological polar surface area (TPSA) is 151 Å². The van der Waals surface area contributed by atoms with Crippen molar-refractivity contribution in [3.05, 3.63) is 41.5 Å². The van der Waals surface area contributed by atoms with Crippen molar-refractivity contribution in [2.75, 3.05) is 0 Å². The van der Waals surface area contributed by atoms with E-state index in [1.165, 1.54) is 18.2 Å². The highest BCUT2D eigenvalue weighted by atomic mass is 31.2. The summed E-state index contributed by atoms with van der Waals surface area (Å²) in [5, 5.41) is 8.28. The van der Waals surface area contributed by atoms with Gasteiger partial charge in [0.25, 0.3) is 0 Å². The summed E-state index contributed by atoms with van der Waals surface area (Å²) in [7, 11) is -5.56. The third-order valence-corrected chi connectivity index (χ3v) is 2.94. The fourth-order valence-corrected chi connectivity index (χ4v) is 1.61. The zero-order valence-electron chi connectivity index (χ0n) is 9.83. The Morgan fingerprint density at radius 2 is 1.89 bits per heavy atom. The number of allylic oxidation sites excluding steroid dienone is 1. The number of hydrogen-bond donors (Lipinski definition) is 4. The van der Waals surface area contributed by atoms with Crippen LogP contribution in [0, 0.1) is 11.3 Å². The van der Waals surface area contributed by atoms with E-state index >= 15 is 0 Å². The zero-order valence-corrected chi connectivity index (χ0v) is 10.7. The van der Waals surface area contributed by atoms with E-state index in [2.05, 4.69) is 0 Å². The van der Waals surface area contributed by atoms with Crippen LogP contribution in [0.3, 0.4) is 0 Å². The van der Waals surface area contributed by atoms with Crippen molar-refractivity contribution in [2.24, 2.45) is 0 Å². The van der Waals surface area contributed by atoms with Gasteiger partial charge in [-0.1, -0.05) is 18.2 Å². The normalized spacial score (nSPS) is 11.3. The Labute approximate surface area is 108 Å². The molecule has 0 saturated carbocycles. The summed E-state index contributed by atoms with van der Waals surface area (Å²) in [6, 6.07) is 6.20. The van der Waals surface area contributed by atoms with Gasteiger partial charge in [0.1, 0.15) is 0 Å². The minimum atomic E-state index is -5.56. The summed E-state index contributed by atoms with van der Waals surface area (Å²) in [5.41, 5.74) is -4.76. The molecular weight excluding hydrogens is 279 g/mol. The van der Waals surface area contributed by atoms with Gasteiger partial charge in [0.2, 0.25) is 0 Å². The smallest absolute Gasteiger partial charge is 0.344 e. The van der Waals surface area contributed by atoms with Gasteiger partial charge in [-0.25, -0.2) is 0 Å². The Morgan fingerprint density at radius 1 is 1.32 bits per heavy atom. The van der Waals surface area contributed by atoms with Crippen LogP contribution in [0.5, 0.6) is 0 Å². The van der Waals surface area contributed by atoms with Crippen molar-refractivity contribution >= 4 is 13.7 Å². The molecule has 0 aromatic heterocycles. The molecule has 0 unspecified atom stereocenters. The van der Waals surface area contributed by atoms with Gasteiger partial charge in [0, 0.05) is 11.6 Å². The van der Waals surface area contributed by atoms with Crippen LogP contribution in [0.4, 0.5) is 8.78 Å². The fraction of sp³-hybridized carbons (Fsp3) is 0.100. The number of alkyl halides is 2. The predicted molar refractivity (Wildman–Crippen MR) is 67.1 cm³/mol. The first-order valence-electron chi connectivity index (χ1n) is 4.39. The lowest BCUT2D eigenvalue weighted by Crippen LogP contribution is -2.13. The number of nitriles is 1. The quantitative estimate of drug-likeness (QED) is 0.496. The van der Waals surface area contributed by atoms with Gasteiger partial charge < -0.3 is 22.1 Å². The van der Waals surface area contributed by atoms with Gasteiger partial charge in [-0.2, -0.15) is 14.0 Å². The van der Waals surface area contributed by atoms with E-state index in [4.69, 9.17) is 15.0 Å². The summed E-state index contributed by atoms with van der Waals surface area (Å²) < 4.78 is 37.3. The van der Waals surface area contributed by atoms with Gasteiger partial charge in [0.05, 0.1) is 6.07 Å². The standard InChI is InChI=1S/C10H8F2NO3P.2H3N/c11-10(12,17(14,15)16)9-5-1-3-8(7-9)4-2-6-13;;/h1-5,7H,(H2,14,15,16);2*1H3/b4-2-;;. The highest BCUT2D eigenvalue weighted by Gasteiger charge is 2.50. The molecular formula is C10H14F2N3O3P. The lowest BCUT2D eigenvalue weighted by Gasteiger charge is -2.18. The molecule has 0 aliphatic carbocycles. The molecule has 1 aromatic rings. The van der Waals surface area contributed by atoms with E-state index in [1.807, 2.05) is 0 Å². The molecule has 0 spiro atoms. The van der Waals surface area contributed by atoms with E-state index in [0.29, 0.717) is 0 Å². The molecule has 1 aromatic carbocycles. The summed E-state index contributed by atoms with van der Waals surface area (Å²) in [6.45, 7) is 0. The second-order valence-corrected chi connectivity index (χ2v) is 4.82. The maximum atomic E-state index is 13.3. The van der Waals surface area contributed by atoms with Gasteiger partial charge in [0.15, 0.2) is 0 Å². The third kappa shape index (κ3) is 4.52. The summed E-state index contributed by atoms with van der Waals surface area (Å²) >= 11 is 0. The van der Waals surface area contributed by atoms with Gasteiger partial charge in [-0.3, -0.25) is 4.57 Å². The average Bonchev–Trinajstić information content (AvgIpc) is 2.25. The predicted octanol–water partition coefficient (Wildman–Crippen LogP) is 2.77. The Balaban J connectivity index is 0. The minimum Gasteiger partial charge on any atom is -0.344 e. The molecule has 1 rings (SSSR count). The molecule has 0 heterocycles. The Kier molecular flexibility index (Phi) is 7.35. The number of hydrogen-bond acceptors (Lipinski definition) is 4. The minimum absolute atomic E-state index is 0. The zero-order chi connectivity index (χ0) is 13.1. The first-order valence-corrected chi connectivity index (χ1v) is 6.00. The van der Waals surface area contributed by atoms with Gasteiger partial charge in [-0.15, -0.1) is 0 Å². The van der Waals surface area contributed by atoms with E-state index in [1.54, 1.807) is 6.07 Å². The molecule has 106 valence electrons. The maximum Gasteiger partial charge on any atom is 0.399 e. The molecule has 0 bridgehead atoms. The van der Waals surface area contributed by atoms with E-state index in [0.717, 1.165) is 18.2 Å². The van der Waals surface area contributed by atoms with Crippen LogP contribution in [0.2, 0.25) is 0 Å². The maximum absolute atomic E-state index is 13.3. The lowest BCUT2D eigenvalue weighted by atomic mass is 10.1. The van der Waals surface area contributed by atoms with Crippen LogP contribution in [0.25, 0.3) is 6.08 Å². The molecule has 0 fully saturated rings. The van der Waals surface area contributed by atoms with E-state index in [9.17, 15) is 13.3 Å². The molecule has 9 heteroatoms. The van der Waals surface area contributed by atoms with Crippen molar-refractivity contribution in [1.82, 2.24) is 12.3 Å². The molecule has 6 nitrogen and oxygen atoms in total. The Bertz CT molecular complexity index is 537. The molecule has 0 aliphatic rings. The third-order valence-electron chi connectivity index (χ3n) is 1.95. The SMILES string of the molecule is N.N.N#C/C=C\c1cccc(C(F)(F)P(=O)(O)O)c1. The van der Waals surface area contributed by atoms with E-state index in [-0.39, 0.29) is 17.9 Å². The van der Waals surface area contributed by atoms with Crippen LogP contribution in [0.15, 0.2) is 30.3 Å². The van der Waals surface area contributed by atoms with E-state index < -0.39 is 18.8 Å². The summed E-state index contributed by atoms with van der Waals surface area (Å²) in [4.78, 5) is 17.1. The lowest BCUT2D eigenvalue weighted by molar-refractivity contribution is 0.0564. The Hall–Kier alpha value is -1.62. The second kappa shape index (κ2) is 7.09. The first kappa shape index (κ1) is 19.7.